The van der Waals surface area contributed by atoms with Gasteiger partial charge < -0.3 is 16.4 Å². The Morgan fingerprint density at radius 2 is 2.11 bits per heavy atom. The molecule has 0 saturated carbocycles. The van der Waals surface area contributed by atoms with Gasteiger partial charge in [0.2, 0.25) is 5.91 Å². The quantitative estimate of drug-likeness (QED) is 0.696. The monoisotopic (exact) mass is 279 g/mol. The fourth-order valence-electron chi connectivity index (χ4n) is 1.72. The minimum atomic E-state index is 0.0338. The van der Waals surface area contributed by atoms with Gasteiger partial charge in [0.05, 0.1) is 0 Å². The zero-order valence-corrected chi connectivity index (χ0v) is 12.4. The summed E-state index contributed by atoms with van der Waals surface area (Å²) in [7, 11) is 0. The summed E-state index contributed by atoms with van der Waals surface area (Å²) in [6.45, 7) is 6.42. The molecule has 0 atom stereocenters. The van der Waals surface area contributed by atoms with Gasteiger partial charge >= 0.3 is 0 Å². The van der Waals surface area contributed by atoms with Crippen molar-refractivity contribution in [1.29, 1.82) is 0 Å². The van der Waals surface area contributed by atoms with Gasteiger partial charge in [0.1, 0.15) is 4.99 Å². The van der Waals surface area contributed by atoms with Gasteiger partial charge in [0.15, 0.2) is 0 Å². The average molecular weight is 279 g/mol. The van der Waals surface area contributed by atoms with Crippen LogP contribution in [0.25, 0.3) is 0 Å². The third-order valence-corrected chi connectivity index (χ3v) is 2.78. The zero-order valence-electron chi connectivity index (χ0n) is 11.6. The second kappa shape index (κ2) is 7.09. The summed E-state index contributed by atoms with van der Waals surface area (Å²) < 4.78 is 0. The molecule has 1 rings (SSSR count). The first kappa shape index (κ1) is 15.4. The smallest absolute Gasteiger partial charge is 0.221 e. The van der Waals surface area contributed by atoms with Crippen LogP contribution in [0.5, 0.6) is 0 Å². The number of amides is 1. The number of hydrogen-bond acceptors (Lipinski definition) is 3. The second-order valence-corrected chi connectivity index (χ2v) is 5.25. The first-order valence-electron chi connectivity index (χ1n) is 6.34. The van der Waals surface area contributed by atoms with Crippen molar-refractivity contribution in [3.05, 3.63) is 29.3 Å². The molecule has 0 radical (unpaired) electrons. The van der Waals surface area contributed by atoms with Gasteiger partial charge in [-0.25, -0.2) is 0 Å². The van der Waals surface area contributed by atoms with E-state index < -0.39 is 0 Å². The van der Waals surface area contributed by atoms with E-state index in [-0.39, 0.29) is 11.9 Å². The van der Waals surface area contributed by atoms with E-state index in [9.17, 15) is 4.79 Å². The Morgan fingerprint density at radius 1 is 1.42 bits per heavy atom. The molecule has 1 amide bonds. The number of thiocarbonyl (C=S) groups is 1. The van der Waals surface area contributed by atoms with E-state index in [4.69, 9.17) is 18.0 Å². The Kier molecular flexibility index (Phi) is 5.76. The molecule has 1 aromatic rings. The van der Waals surface area contributed by atoms with Gasteiger partial charge in [0.25, 0.3) is 0 Å². The molecule has 4 nitrogen and oxygen atoms in total. The SMILES string of the molecule is Cc1ccc(NCCC(=O)NC(C)C)c(C(N)=S)c1. The van der Waals surface area contributed by atoms with Gasteiger partial charge in [-0.1, -0.05) is 23.8 Å². The Labute approximate surface area is 119 Å². The van der Waals surface area contributed by atoms with E-state index in [0.29, 0.717) is 18.0 Å². The Morgan fingerprint density at radius 3 is 2.68 bits per heavy atom. The van der Waals surface area contributed by atoms with Crippen LogP contribution in [0.3, 0.4) is 0 Å². The topological polar surface area (TPSA) is 67.2 Å². The third kappa shape index (κ3) is 5.26. The van der Waals surface area contributed by atoms with Gasteiger partial charge in [0, 0.05) is 30.3 Å². The van der Waals surface area contributed by atoms with Gasteiger partial charge in [-0.2, -0.15) is 0 Å². The highest BCUT2D eigenvalue weighted by molar-refractivity contribution is 7.80. The Bertz CT molecular complexity index is 472. The summed E-state index contributed by atoms with van der Waals surface area (Å²) in [5, 5.41) is 6.04. The molecule has 4 N–H and O–H groups in total. The summed E-state index contributed by atoms with van der Waals surface area (Å²) in [5.41, 5.74) is 8.49. The van der Waals surface area contributed by atoms with Gasteiger partial charge in [-0.05, 0) is 32.9 Å². The number of nitrogens with one attached hydrogen (secondary N) is 2. The molecule has 19 heavy (non-hydrogen) atoms. The van der Waals surface area contributed by atoms with Crippen LogP contribution < -0.4 is 16.4 Å². The zero-order chi connectivity index (χ0) is 14.4. The molecule has 0 bridgehead atoms. The maximum atomic E-state index is 11.5. The average Bonchev–Trinajstić information content (AvgIpc) is 2.29. The lowest BCUT2D eigenvalue weighted by Gasteiger charge is -2.13. The Hall–Kier alpha value is -1.62. The summed E-state index contributed by atoms with van der Waals surface area (Å²) in [5.74, 6) is 0.0338. The molecule has 104 valence electrons. The first-order chi connectivity index (χ1) is 8.90. The lowest BCUT2D eigenvalue weighted by atomic mass is 10.1. The van der Waals surface area contributed by atoms with Crippen molar-refractivity contribution in [2.24, 2.45) is 5.73 Å². The van der Waals surface area contributed by atoms with E-state index in [2.05, 4.69) is 10.6 Å². The third-order valence-electron chi connectivity index (χ3n) is 2.56. The lowest BCUT2D eigenvalue weighted by Crippen LogP contribution is -2.31. The maximum absolute atomic E-state index is 11.5. The maximum Gasteiger partial charge on any atom is 0.221 e. The highest BCUT2D eigenvalue weighted by atomic mass is 32.1. The number of hydrogen-bond donors (Lipinski definition) is 3. The Balaban J connectivity index is 2.58. The van der Waals surface area contributed by atoms with E-state index >= 15 is 0 Å². The molecular weight excluding hydrogens is 258 g/mol. The van der Waals surface area contributed by atoms with Crippen LogP contribution in [0.2, 0.25) is 0 Å². The van der Waals surface area contributed by atoms with E-state index in [1.165, 1.54) is 0 Å². The first-order valence-corrected chi connectivity index (χ1v) is 6.74. The molecule has 0 aliphatic carbocycles. The van der Waals surface area contributed by atoms with Crippen molar-refractivity contribution < 1.29 is 4.79 Å². The lowest BCUT2D eigenvalue weighted by molar-refractivity contribution is -0.121. The van der Waals surface area contributed by atoms with Crippen molar-refractivity contribution in [1.82, 2.24) is 5.32 Å². The highest BCUT2D eigenvalue weighted by Gasteiger charge is 2.07. The van der Waals surface area contributed by atoms with Crippen LogP contribution in [0.4, 0.5) is 5.69 Å². The molecule has 0 aliphatic rings. The van der Waals surface area contributed by atoms with Crippen molar-refractivity contribution in [3.8, 4) is 0 Å². The predicted molar refractivity (Wildman–Crippen MR) is 83.5 cm³/mol. The van der Waals surface area contributed by atoms with Crippen LogP contribution in [0.15, 0.2) is 18.2 Å². The van der Waals surface area contributed by atoms with Crippen molar-refractivity contribution in [3.63, 3.8) is 0 Å². The second-order valence-electron chi connectivity index (χ2n) is 4.81. The van der Waals surface area contributed by atoms with Gasteiger partial charge in [-0.15, -0.1) is 0 Å². The van der Waals surface area contributed by atoms with E-state index in [0.717, 1.165) is 16.8 Å². The molecule has 0 aliphatic heterocycles. The molecule has 0 spiro atoms. The standard InChI is InChI=1S/C14H21N3OS/c1-9(2)17-13(18)6-7-16-12-5-4-10(3)8-11(12)14(15)19/h4-5,8-9,16H,6-7H2,1-3H3,(H2,15,19)(H,17,18). The molecule has 0 aromatic heterocycles. The minimum absolute atomic E-state index is 0.0338. The van der Waals surface area contributed by atoms with Crippen LogP contribution in [-0.2, 0) is 4.79 Å². The predicted octanol–water partition coefficient (Wildman–Crippen LogP) is 1.96. The number of carbonyl (C=O) groups is 1. The molecule has 0 fully saturated rings. The van der Waals surface area contributed by atoms with Crippen LogP contribution >= 0.6 is 12.2 Å². The summed E-state index contributed by atoms with van der Waals surface area (Å²) in [6.07, 6.45) is 0.419. The van der Waals surface area contributed by atoms with Crippen molar-refractivity contribution in [2.75, 3.05) is 11.9 Å². The van der Waals surface area contributed by atoms with Gasteiger partial charge in [-0.3, -0.25) is 4.79 Å². The number of aryl methyl sites for hydroxylation is 1. The van der Waals surface area contributed by atoms with Crippen molar-refractivity contribution >= 4 is 28.8 Å². The van der Waals surface area contributed by atoms with Crippen LogP contribution in [0, 0.1) is 6.92 Å². The number of anilines is 1. The number of benzene rings is 1. The molecule has 0 unspecified atom stereocenters. The van der Waals surface area contributed by atoms with E-state index in [1.807, 2.05) is 39.0 Å². The fourth-order valence-corrected chi connectivity index (χ4v) is 1.89. The normalized spacial score (nSPS) is 10.3. The molecule has 5 heteroatoms. The summed E-state index contributed by atoms with van der Waals surface area (Å²) in [4.78, 5) is 11.9. The summed E-state index contributed by atoms with van der Waals surface area (Å²) in [6, 6.07) is 6.03. The summed E-state index contributed by atoms with van der Waals surface area (Å²) >= 11 is 5.03. The number of nitrogens with two attached hydrogens (primary N) is 1. The molecule has 0 heterocycles. The van der Waals surface area contributed by atoms with Crippen LogP contribution in [-0.4, -0.2) is 23.5 Å². The highest BCUT2D eigenvalue weighted by Crippen LogP contribution is 2.17. The number of carbonyl (C=O) groups excluding carboxylic acids is 1. The molecular formula is C14H21N3OS. The molecule has 0 saturated heterocycles. The molecule has 1 aromatic carbocycles. The minimum Gasteiger partial charge on any atom is -0.389 e. The van der Waals surface area contributed by atoms with Crippen molar-refractivity contribution in [2.45, 2.75) is 33.2 Å². The number of rotatable bonds is 6. The fraction of sp³-hybridized carbons (Fsp3) is 0.429. The largest absolute Gasteiger partial charge is 0.389 e. The van der Waals surface area contributed by atoms with Crippen LogP contribution in [0.1, 0.15) is 31.4 Å². The van der Waals surface area contributed by atoms with E-state index in [1.54, 1.807) is 0 Å².